The fraction of sp³-hybridized carbons (Fsp3) is 0.500. The fourth-order valence-corrected chi connectivity index (χ4v) is 2.80. The van der Waals surface area contributed by atoms with Crippen molar-refractivity contribution in [1.29, 1.82) is 0 Å². The minimum absolute atomic E-state index is 0.0664. The zero-order valence-corrected chi connectivity index (χ0v) is 12.8. The third-order valence-electron chi connectivity index (χ3n) is 4.06. The van der Waals surface area contributed by atoms with Crippen LogP contribution in [-0.4, -0.2) is 23.1 Å². The number of hydrogen-bond donors (Lipinski definition) is 3. The lowest BCUT2D eigenvalue weighted by Gasteiger charge is -2.27. The Morgan fingerprint density at radius 2 is 1.78 bits per heavy atom. The molecule has 0 radical (unpaired) electrons. The van der Waals surface area contributed by atoms with Crippen LogP contribution in [0.25, 0.3) is 0 Å². The van der Waals surface area contributed by atoms with Crippen molar-refractivity contribution in [3.63, 3.8) is 0 Å². The van der Waals surface area contributed by atoms with Crippen molar-refractivity contribution >= 4 is 17.7 Å². The summed E-state index contributed by atoms with van der Waals surface area (Å²) in [5.74, 6) is -4.23. The van der Waals surface area contributed by atoms with Gasteiger partial charge in [0.15, 0.2) is 0 Å². The molecular formula is C16H20F2N2O3. The number of para-hydroxylation sites is 1. The van der Waals surface area contributed by atoms with Crippen LogP contribution in [0.4, 0.5) is 19.3 Å². The Labute approximate surface area is 133 Å². The third kappa shape index (κ3) is 4.64. The molecule has 7 heteroatoms. The van der Waals surface area contributed by atoms with Crippen molar-refractivity contribution in [3.05, 3.63) is 29.8 Å². The maximum Gasteiger partial charge on any atom is 0.319 e. The van der Waals surface area contributed by atoms with Crippen LogP contribution in [0.1, 0.15) is 38.2 Å². The number of carboxylic acids is 1. The summed E-state index contributed by atoms with van der Waals surface area (Å²) in [5.41, 5.74) is -0.179. The fourth-order valence-electron chi connectivity index (χ4n) is 2.80. The smallest absolute Gasteiger partial charge is 0.319 e. The van der Waals surface area contributed by atoms with E-state index in [-0.39, 0.29) is 23.2 Å². The Kier molecular flexibility index (Phi) is 5.18. The molecule has 1 fully saturated rings. The van der Waals surface area contributed by atoms with Gasteiger partial charge in [-0.3, -0.25) is 4.79 Å². The molecule has 126 valence electrons. The van der Waals surface area contributed by atoms with E-state index in [0.29, 0.717) is 25.7 Å². The number of amides is 2. The Balaban J connectivity index is 1.93. The van der Waals surface area contributed by atoms with E-state index >= 15 is 0 Å². The summed E-state index contributed by atoms with van der Waals surface area (Å²) in [5, 5.41) is 14.1. The van der Waals surface area contributed by atoms with E-state index in [1.54, 1.807) is 6.07 Å². The molecule has 0 aliphatic heterocycles. The molecule has 1 aliphatic carbocycles. The van der Waals surface area contributed by atoms with E-state index in [2.05, 4.69) is 10.6 Å². The average molecular weight is 326 g/mol. The summed E-state index contributed by atoms with van der Waals surface area (Å²) in [7, 11) is 0. The first-order valence-corrected chi connectivity index (χ1v) is 7.55. The van der Waals surface area contributed by atoms with E-state index in [1.165, 1.54) is 18.2 Å². The molecule has 2 rings (SSSR count). The number of benzene rings is 1. The monoisotopic (exact) mass is 326 g/mol. The maximum atomic E-state index is 13.5. The molecule has 0 atom stereocenters. The van der Waals surface area contributed by atoms with Crippen LogP contribution in [0.15, 0.2) is 24.3 Å². The standard InChI is InChI=1S/C16H20F2N2O3/c1-16(17,18)12-4-2-3-5-13(12)20-15(23)19-11-8-6-10(7-9-11)14(21)22/h2-5,10-11H,6-9H2,1H3,(H,21,22)(H2,19,20,23). The van der Waals surface area contributed by atoms with Crippen LogP contribution in [0.2, 0.25) is 0 Å². The number of aliphatic carboxylic acids is 1. The molecule has 0 aromatic heterocycles. The first kappa shape index (κ1) is 17.2. The Bertz CT molecular complexity index is 579. The van der Waals surface area contributed by atoms with Crippen molar-refractivity contribution < 1.29 is 23.5 Å². The summed E-state index contributed by atoms with van der Waals surface area (Å²) in [6, 6.07) is 5.06. The van der Waals surface area contributed by atoms with E-state index in [0.717, 1.165) is 6.92 Å². The first-order valence-electron chi connectivity index (χ1n) is 7.55. The molecule has 0 bridgehead atoms. The van der Waals surface area contributed by atoms with E-state index in [4.69, 9.17) is 5.11 Å². The highest BCUT2D eigenvalue weighted by atomic mass is 19.3. The minimum Gasteiger partial charge on any atom is -0.481 e. The zero-order valence-electron chi connectivity index (χ0n) is 12.8. The Morgan fingerprint density at radius 3 is 2.35 bits per heavy atom. The van der Waals surface area contributed by atoms with Crippen LogP contribution in [0.3, 0.4) is 0 Å². The highest BCUT2D eigenvalue weighted by Gasteiger charge is 2.29. The number of carbonyl (C=O) groups is 2. The average Bonchev–Trinajstić information content (AvgIpc) is 2.47. The summed E-state index contributed by atoms with van der Waals surface area (Å²) in [4.78, 5) is 22.9. The van der Waals surface area contributed by atoms with Gasteiger partial charge in [0.2, 0.25) is 0 Å². The van der Waals surface area contributed by atoms with Crippen molar-refractivity contribution in [1.82, 2.24) is 5.32 Å². The molecule has 23 heavy (non-hydrogen) atoms. The number of nitrogens with one attached hydrogen (secondary N) is 2. The van der Waals surface area contributed by atoms with Crippen molar-refractivity contribution in [2.75, 3.05) is 5.32 Å². The SMILES string of the molecule is CC(F)(F)c1ccccc1NC(=O)NC1CCC(C(=O)O)CC1. The molecule has 1 aromatic rings. The van der Waals surface area contributed by atoms with Crippen molar-refractivity contribution in [2.45, 2.75) is 44.6 Å². The van der Waals surface area contributed by atoms with Crippen LogP contribution in [0.5, 0.6) is 0 Å². The van der Waals surface area contributed by atoms with Crippen LogP contribution in [0, 0.1) is 5.92 Å². The Morgan fingerprint density at radius 1 is 1.17 bits per heavy atom. The number of alkyl halides is 2. The number of rotatable bonds is 4. The van der Waals surface area contributed by atoms with Gasteiger partial charge in [0.05, 0.1) is 11.6 Å². The van der Waals surface area contributed by atoms with Gasteiger partial charge in [-0.25, -0.2) is 13.6 Å². The predicted octanol–water partition coefficient (Wildman–Crippen LogP) is 3.56. The highest BCUT2D eigenvalue weighted by molar-refractivity contribution is 5.90. The molecule has 1 aliphatic rings. The Hall–Kier alpha value is -2.18. The molecule has 1 saturated carbocycles. The number of hydrogen-bond acceptors (Lipinski definition) is 2. The van der Waals surface area contributed by atoms with Gasteiger partial charge < -0.3 is 15.7 Å². The number of carbonyl (C=O) groups excluding carboxylic acids is 1. The quantitative estimate of drug-likeness (QED) is 0.791. The molecule has 0 spiro atoms. The topological polar surface area (TPSA) is 78.4 Å². The third-order valence-corrected chi connectivity index (χ3v) is 4.06. The molecule has 0 heterocycles. The van der Waals surface area contributed by atoms with Crippen molar-refractivity contribution in [3.8, 4) is 0 Å². The van der Waals surface area contributed by atoms with Crippen molar-refractivity contribution in [2.24, 2.45) is 5.92 Å². The molecule has 0 unspecified atom stereocenters. The number of carboxylic acid groups (broad SMARTS) is 1. The molecule has 0 saturated heterocycles. The summed E-state index contributed by atoms with van der Waals surface area (Å²) < 4.78 is 27.0. The second-order valence-corrected chi connectivity index (χ2v) is 5.92. The molecule has 3 N–H and O–H groups in total. The van der Waals surface area contributed by atoms with Crippen LogP contribution >= 0.6 is 0 Å². The molecule has 5 nitrogen and oxygen atoms in total. The maximum absolute atomic E-state index is 13.5. The summed E-state index contributed by atoms with van der Waals surface area (Å²) in [6.07, 6.45) is 2.14. The molecule has 2 amide bonds. The van der Waals surface area contributed by atoms with Gasteiger partial charge in [0.25, 0.3) is 5.92 Å². The second-order valence-electron chi connectivity index (χ2n) is 5.92. The number of halogens is 2. The molecular weight excluding hydrogens is 306 g/mol. The zero-order chi connectivity index (χ0) is 17.0. The lowest BCUT2D eigenvalue weighted by Crippen LogP contribution is -2.41. The summed E-state index contributed by atoms with van der Waals surface area (Å²) in [6.45, 7) is 0.776. The minimum atomic E-state index is -3.05. The first-order chi connectivity index (χ1) is 10.8. The van der Waals surface area contributed by atoms with Crippen LogP contribution in [-0.2, 0) is 10.7 Å². The van der Waals surface area contributed by atoms with Gasteiger partial charge in [-0.1, -0.05) is 18.2 Å². The largest absolute Gasteiger partial charge is 0.481 e. The van der Waals surface area contributed by atoms with Gasteiger partial charge in [-0.15, -0.1) is 0 Å². The lowest BCUT2D eigenvalue weighted by atomic mass is 9.86. The van der Waals surface area contributed by atoms with Gasteiger partial charge in [-0.05, 0) is 31.7 Å². The molecule has 1 aromatic carbocycles. The number of anilines is 1. The van der Waals surface area contributed by atoms with Gasteiger partial charge in [0, 0.05) is 18.5 Å². The van der Waals surface area contributed by atoms with Gasteiger partial charge in [-0.2, -0.15) is 0 Å². The predicted molar refractivity (Wildman–Crippen MR) is 81.5 cm³/mol. The van der Waals surface area contributed by atoms with Crippen LogP contribution < -0.4 is 10.6 Å². The summed E-state index contributed by atoms with van der Waals surface area (Å²) >= 11 is 0. The van der Waals surface area contributed by atoms with E-state index < -0.39 is 17.9 Å². The van der Waals surface area contributed by atoms with E-state index in [9.17, 15) is 18.4 Å². The normalized spacial score (nSPS) is 21.5. The van der Waals surface area contributed by atoms with Gasteiger partial charge in [0.1, 0.15) is 0 Å². The number of urea groups is 1. The highest BCUT2D eigenvalue weighted by Crippen LogP contribution is 2.32. The second kappa shape index (κ2) is 6.93. The lowest BCUT2D eigenvalue weighted by molar-refractivity contribution is -0.142. The van der Waals surface area contributed by atoms with Gasteiger partial charge >= 0.3 is 12.0 Å². The van der Waals surface area contributed by atoms with E-state index in [1.807, 2.05) is 0 Å².